The molecule has 6 aromatic rings. The Kier molecular flexibility index (Phi) is 6.78. The fraction of sp³-hybridized carbons (Fsp3) is 0.194. The number of ketones is 1. The number of pyridine rings is 1. The number of fused-ring (bicyclic) bond motifs is 1. The molecular formula is C31H25FN8O3. The number of hydrogen-bond acceptors (Lipinski definition) is 8. The van der Waals surface area contributed by atoms with E-state index in [9.17, 15) is 14.0 Å². The molecule has 6 heterocycles. The second-order valence-electron chi connectivity index (χ2n) is 10.4. The van der Waals surface area contributed by atoms with Crippen LogP contribution in [0.15, 0.2) is 90.3 Å². The summed E-state index contributed by atoms with van der Waals surface area (Å²) in [6.07, 6.45) is 9.63. The molecule has 7 rings (SSSR count). The minimum atomic E-state index is -0.333. The molecular weight excluding hydrogens is 551 g/mol. The van der Waals surface area contributed by atoms with Crippen LogP contribution >= 0.6 is 0 Å². The summed E-state index contributed by atoms with van der Waals surface area (Å²) < 4.78 is 22.4. The molecule has 1 amide bonds. The van der Waals surface area contributed by atoms with E-state index in [0.29, 0.717) is 59.9 Å². The zero-order chi connectivity index (χ0) is 29.3. The number of rotatable bonds is 7. The van der Waals surface area contributed by atoms with Crippen LogP contribution in [-0.4, -0.2) is 64.0 Å². The fourth-order valence-electron chi connectivity index (χ4n) is 5.49. The lowest BCUT2D eigenvalue weighted by molar-refractivity contribution is 0.0684. The molecule has 11 nitrogen and oxygen atoms in total. The van der Waals surface area contributed by atoms with E-state index in [1.165, 1.54) is 18.4 Å². The number of benzene rings is 1. The molecule has 0 N–H and O–H groups in total. The average Bonchev–Trinajstić information content (AvgIpc) is 3.81. The number of likely N-dealkylation sites (tertiary alicyclic amines) is 1. The first kappa shape index (κ1) is 26.4. The van der Waals surface area contributed by atoms with Crippen molar-refractivity contribution in [2.75, 3.05) is 13.1 Å². The Morgan fingerprint density at radius 2 is 1.77 bits per heavy atom. The Morgan fingerprint density at radius 1 is 0.977 bits per heavy atom. The average molecular weight is 577 g/mol. The summed E-state index contributed by atoms with van der Waals surface area (Å²) in [5.41, 5.74) is 4.92. The van der Waals surface area contributed by atoms with Crippen molar-refractivity contribution in [1.29, 1.82) is 0 Å². The Hall–Kier alpha value is -5.52. The lowest BCUT2D eigenvalue weighted by Crippen LogP contribution is -2.39. The molecule has 43 heavy (non-hydrogen) atoms. The van der Waals surface area contributed by atoms with Gasteiger partial charge in [0.05, 0.1) is 36.0 Å². The van der Waals surface area contributed by atoms with Gasteiger partial charge in [-0.15, -0.1) is 0 Å². The molecule has 0 spiro atoms. The summed E-state index contributed by atoms with van der Waals surface area (Å²) in [5, 5.41) is 8.65. The van der Waals surface area contributed by atoms with E-state index in [1.54, 1.807) is 64.7 Å². The first-order valence-electron chi connectivity index (χ1n) is 13.8. The predicted molar refractivity (Wildman–Crippen MR) is 153 cm³/mol. The van der Waals surface area contributed by atoms with E-state index < -0.39 is 0 Å². The highest BCUT2D eigenvalue weighted by molar-refractivity contribution is 5.97. The standard InChI is InChI=1S/C31H25FN8O3/c32-22-3-1-21(2-4-22)29-30(39(19-34-29)24-9-14-38(15-10-24)31(42)26-11-16-43-37-26)25-5-6-28-35-23(18-40(28)36-25)17-27(41)20-7-12-33-13-8-20/h1-8,11-13,16,18-19,24H,9-10,14-15,17H2. The van der Waals surface area contributed by atoms with Crippen LogP contribution in [0.1, 0.15) is 45.4 Å². The Balaban J connectivity index is 1.21. The summed E-state index contributed by atoms with van der Waals surface area (Å²) in [6.45, 7) is 1.09. The third-order valence-electron chi connectivity index (χ3n) is 7.67. The van der Waals surface area contributed by atoms with Gasteiger partial charge in [-0.3, -0.25) is 14.6 Å². The monoisotopic (exact) mass is 576 g/mol. The Bertz CT molecular complexity index is 1910. The van der Waals surface area contributed by atoms with E-state index in [2.05, 4.69) is 19.7 Å². The van der Waals surface area contributed by atoms with Gasteiger partial charge in [-0.25, -0.2) is 18.9 Å². The van der Waals surface area contributed by atoms with Gasteiger partial charge >= 0.3 is 0 Å². The first-order chi connectivity index (χ1) is 21.0. The van der Waals surface area contributed by atoms with Gasteiger partial charge in [-0.1, -0.05) is 5.16 Å². The number of carbonyl (C=O) groups excluding carboxylic acids is 2. The van der Waals surface area contributed by atoms with E-state index in [-0.39, 0.29) is 30.0 Å². The molecule has 0 saturated carbocycles. The van der Waals surface area contributed by atoms with Crippen molar-refractivity contribution in [2.24, 2.45) is 0 Å². The van der Waals surface area contributed by atoms with Crippen LogP contribution < -0.4 is 0 Å². The molecule has 214 valence electrons. The summed E-state index contributed by atoms with van der Waals surface area (Å²) in [7, 11) is 0. The van der Waals surface area contributed by atoms with Gasteiger partial charge in [0.15, 0.2) is 17.1 Å². The Labute approximate surface area is 244 Å². The number of nitrogens with zero attached hydrogens (tertiary/aromatic N) is 8. The van der Waals surface area contributed by atoms with Gasteiger partial charge in [-0.05, 0) is 61.4 Å². The smallest absolute Gasteiger partial charge is 0.276 e. The number of amides is 1. The van der Waals surface area contributed by atoms with Crippen LogP contribution in [0.3, 0.4) is 0 Å². The molecule has 12 heteroatoms. The quantitative estimate of drug-likeness (QED) is 0.251. The molecule has 1 fully saturated rings. The van der Waals surface area contributed by atoms with Crippen molar-refractivity contribution in [1.82, 2.24) is 39.2 Å². The number of piperidine rings is 1. The van der Waals surface area contributed by atoms with E-state index in [4.69, 9.17) is 14.6 Å². The van der Waals surface area contributed by atoms with Crippen molar-refractivity contribution in [3.8, 4) is 22.6 Å². The number of Topliss-reactive ketones (excluding diaryl/α,β-unsaturated/α-hetero) is 1. The maximum Gasteiger partial charge on any atom is 0.276 e. The van der Waals surface area contributed by atoms with Crippen LogP contribution in [0.4, 0.5) is 4.39 Å². The van der Waals surface area contributed by atoms with Crippen LogP contribution in [0.5, 0.6) is 0 Å². The van der Waals surface area contributed by atoms with Crippen LogP contribution in [0, 0.1) is 5.82 Å². The van der Waals surface area contributed by atoms with Crippen molar-refractivity contribution >= 4 is 17.3 Å². The summed E-state index contributed by atoms with van der Waals surface area (Å²) in [5.74, 6) is -0.549. The molecule has 0 unspecified atom stereocenters. The van der Waals surface area contributed by atoms with E-state index in [1.807, 2.05) is 12.1 Å². The minimum absolute atomic E-state index is 0.0480. The van der Waals surface area contributed by atoms with Gasteiger partial charge in [0.1, 0.15) is 17.8 Å². The summed E-state index contributed by atoms with van der Waals surface area (Å²) in [4.78, 5) is 40.6. The Morgan fingerprint density at radius 3 is 2.51 bits per heavy atom. The maximum absolute atomic E-state index is 13.8. The lowest BCUT2D eigenvalue weighted by atomic mass is 10.0. The minimum Gasteiger partial charge on any atom is -0.364 e. The van der Waals surface area contributed by atoms with Crippen molar-refractivity contribution in [2.45, 2.75) is 25.3 Å². The summed E-state index contributed by atoms with van der Waals surface area (Å²) >= 11 is 0. The number of halogens is 1. The second-order valence-corrected chi connectivity index (χ2v) is 10.4. The van der Waals surface area contributed by atoms with Gasteiger partial charge in [-0.2, -0.15) is 5.10 Å². The molecule has 0 bridgehead atoms. The molecule has 0 aliphatic carbocycles. The SMILES string of the molecule is O=C(Cc1cn2nc(-c3c(-c4ccc(F)cc4)ncn3C3CCN(C(=O)c4ccon4)CC3)ccc2n1)c1ccncc1. The third-order valence-corrected chi connectivity index (χ3v) is 7.67. The number of hydrogen-bond donors (Lipinski definition) is 0. The highest BCUT2D eigenvalue weighted by atomic mass is 19.1. The van der Waals surface area contributed by atoms with E-state index in [0.717, 1.165) is 11.3 Å². The van der Waals surface area contributed by atoms with Crippen LogP contribution in [0.2, 0.25) is 0 Å². The zero-order valence-corrected chi connectivity index (χ0v) is 22.9. The van der Waals surface area contributed by atoms with Gasteiger partial charge in [0.25, 0.3) is 5.91 Å². The van der Waals surface area contributed by atoms with Crippen molar-refractivity contribution < 1.29 is 18.5 Å². The summed E-state index contributed by atoms with van der Waals surface area (Å²) in [6, 6.07) is 14.9. The topological polar surface area (TPSA) is 124 Å². The van der Waals surface area contributed by atoms with Gasteiger partial charge < -0.3 is 14.0 Å². The highest BCUT2D eigenvalue weighted by Crippen LogP contribution is 2.35. The molecule has 1 saturated heterocycles. The maximum atomic E-state index is 13.8. The first-order valence-corrected chi connectivity index (χ1v) is 13.8. The lowest BCUT2D eigenvalue weighted by Gasteiger charge is -2.33. The molecule has 5 aromatic heterocycles. The molecule has 0 radical (unpaired) electrons. The number of carbonyl (C=O) groups is 2. The van der Waals surface area contributed by atoms with Crippen LogP contribution in [-0.2, 0) is 6.42 Å². The van der Waals surface area contributed by atoms with Crippen molar-refractivity contribution in [3.05, 3.63) is 109 Å². The molecule has 1 aliphatic heterocycles. The van der Waals surface area contributed by atoms with E-state index >= 15 is 0 Å². The molecule has 0 atom stereocenters. The third kappa shape index (κ3) is 5.18. The van der Waals surface area contributed by atoms with Gasteiger partial charge in [0, 0.05) is 48.7 Å². The molecule has 1 aliphatic rings. The largest absolute Gasteiger partial charge is 0.364 e. The number of aromatic nitrogens is 7. The predicted octanol–water partition coefficient (Wildman–Crippen LogP) is 4.68. The number of imidazole rings is 2. The van der Waals surface area contributed by atoms with Crippen LogP contribution in [0.25, 0.3) is 28.3 Å². The van der Waals surface area contributed by atoms with Crippen molar-refractivity contribution in [3.63, 3.8) is 0 Å². The normalized spacial score (nSPS) is 13.9. The second kappa shape index (κ2) is 11.0. The zero-order valence-electron chi connectivity index (χ0n) is 22.9. The van der Waals surface area contributed by atoms with Gasteiger partial charge in [0.2, 0.25) is 0 Å². The molecule has 1 aromatic carbocycles. The highest BCUT2D eigenvalue weighted by Gasteiger charge is 2.29. The fourth-order valence-corrected chi connectivity index (χ4v) is 5.49.